The van der Waals surface area contributed by atoms with Gasteiger partial charge in [-0.3, -0.25) is 4.79 Å². The third-order valence-electron chi connectivity index (χ3n) is 3.22. The zero-order valence-corrected chi connectivity index (χ0v) is 12.5. The first-order valence-corrected chi connectivity index (χ1v) is 6.92. The molecule has 0 aliphatic carbocycles. The number of nitrogens with zero attached hydrogens (tertiary/aromatic N) is 3. The fraction of sp³-hybridized carbons (Fsp3) is 0.0625. The van der Waals surface area contributed by atoms with E-state index in [2.05, 4.69) is 10.3 Å². The molecule has 0 bridgehead atoms. The number of carbonyl (C=O) groups is 1. The van der Waals surface area contributed by atoms with Crippen LogP contribution in [0.3, 0.4) is 0 Å². The van der Waals surface area contributed by atoms with Crippen LogP contribution >= 0.6 is 11.6 Å². The minimum atomic E-state index is 0.269. The van der Waals surface area contributed by atoms with Gasteiger partial charge in [0.05, 0.1) is 12.8 Å². The highest BCUT2D eigenvalue weighted by Crippen LogP contribution is 2.27. The summed E-state index contributed by atoms with van der Waals surface area (Å²) in [4.78, 5) is 11.3. The van der Waals surface area contributed by atoms with E-state index in [-0.39, 0.29) is 5.69 Å². The van der Waals surface area contributed by atoms with Crippen LogP contribution in [-0.4, -0.2) is 28.4 Å². The summed E-state index contributed by atoms with van der Waals surface area (Å²) >= 11 is 5.92. The molecule has 6 heteroatoms. The number of methoxy groups -OCH3 is 1. The molecule has 1 heterocycles. The van der Waals surface area contributed by atoms with Gasteiger partial charge in [0.2, 0.25) is 0 Å². The summed E-state index contributed by atoms with van der Waals surface area (Å²) in [6.45, 7) is 0. The van der Waals surface area contributed by atoms with Crippen LogP contribution in [0.2, 0.25) is 5.02 Å². The van der Waals surface area contributed by atoms with Crippen molar-refractivity contribution in [2.75, 3.05) is 7.11 Å². The molecule has 2 aromatic carbocycles. The minimum absolute atomic E-state index is 0.269. The smallest absolute Gasteiger partial charge is 0.172 e. The summed E-state index contributed by atoms with van der Waals surface area (Å²) in [5, 5.41) is 8.64. The largest absolute Gasteiger partial charge is 0.497 e. The fourth-order valence-electron chi connectivity index (χ4n) is 2.17. The maximum atomic E-state index is 11.3. The number of ether oxygens (including phenoxy) is 1. The zero-order chi connectivity index (χ0) is 15.5. The Bertz CT molecular complexity index is 813. The molecule has 0 saturated heterocycles. The van der Waals surface area contributed by atoms with Crippen molar-refractivity contribution < 1.29 is 9.53 Å². The Balaban J connectivity index is 2.18. The molecule has 0 spiro atoms. The summed E-state index contributed by atoms with van der Waals surface area (Å²) < 4.78 is 6.83. The lowest BCUT2D eigenvalue weighted by atomic mass is 10.1. The molecular weight excluding hydrogens is 302 g/mol. The van der Waals surface area contributed by atoms with Gasteiger partial charge in [-0.25, -0.2) is 4.68 Å². The topological polar surface area (TPSA) is 57.0 Å². The van der Waals surface area contributed by atoms with Crippen LogP contribution in [0.4, 0.5) is 0 Å². The second-order valence-corrected chi connectivity index (χ2v) is 5.00. The molecule has 5 nitrogen and oxygen atoms in total. The Kier molecular flexibility index (Phi) is 3.89. The molecule has 0 aliphatic heterocycles. The summed E-state index contributed by atoms with van der Waals surface area (Å²) in [7, 11) is 1.59. The van der Waals surface area contributed by atoms with Crippen molar-refractivity contribution in [3.05, 3.63) is 59.2 Å². The third kappa shape index (κ3) is 2.58. The molecule has 0 aliphatic rings. The van der Waals surface area contributed by atoms with Crippen LogP contribution in [0.15, 0.2) is 48.5 Å². The first-order valence-electron chi connectivity index (χ1n) is 6.54. The Labute approximate surface area is 132 Å². The molecule has 0 radical (unpaired) electrons. The van der Waals surface area contributed by atoms with Gasteiger partial charge >= 0.3 is 0 Å². The van der Waals surface area contributed by atoms with Gasteiger partial charge in [0.15, 0.2) is 12.0 Å². The van der Waals surface area contributed by atoms with Crippen molar-refractivity contribution >= 4 is 17.9 Å². The number of hydrogen-bond acceptors (Lipinski definition) is 4. The molecule has 0 atom stereocenters. The molecule has 3 aromatic rings. The fourth-order valence-corrected chi connectivity index (χ4v) is 2.30. The van der Waals surface area contributed by atoms with E-state index >= 15 is 0 Å². The zero-order valence-electron chi connectivity index (χ0n) is 11.7. The van der Waals surface area contributed by atoms with E-state index in [1.54, 1.807) is 23.9 Å². The molecule has 0 unspecified atom stereocenters. The molecule has 0 saturated carbocycles. The highest BCUT2D eigenvalue weighted by atomic mass is 35.5. The second-order valence-electron chi connectivity index (χ2n) is 4.56. The third-order valence-corrected chi connectivity index (χ3v) is 3.48. The van der Waals surface area contributed by atoms with Crippen molar-refractivity contribution in [3.8, 4) is 22.7 Å². The number of halogens is 1. The summed E-state index contributed by atoms with van der Waals surface area (Å²) in [5.74, 6) is 0.697. The van der Waals surface area contributed by atoms with Crippen LogP contribution in [0.1, 0.15) is 10.5 Å². The monoisotopic (exact) mass is 313 g/mol. The van der Waals surface area contributed by atoms with Gasteiger partial charge in [0.25, 0.3) is 0 Å². The van der Waals surface area contributed by atoms with Crippen LogP contribution in [0.5, 0.6) is 5.75 Å². The Morgan fingerprint density at radius 3 is 2.64 bits per heavy atom. The quantitative estimate of drug-likeness (QED) is 0.693. The average molecular weight is 314 g/mol. The normalized spacial score (nSPS) is 10.5. The second kappa shape index (κ2) is 5.99. The van der Waals surface area contributed by atoms with Crippen molar-refractivity contribution in [2.24, 2.45) is 0 Å². The number of carbonyl (C=O) groups excluding carboxylic acids is 1. The maximum Gasteiger partial charge on any atom is 0.172 e. The van der Waals surface area contributed by atoms with Crippen LogP contribution in [0.25, 0.3) is 16.9 Å². The highest BCUT2D eigenvalue weighted by molar-refractivity contribution is 6.30. The van der Waals surface area contributed by atoms with Gasteiger partial charge in [0.1, 0.15) is 11.4 Å². The molecule has 110 valence electrons. The molecule has 1 aromatic heterocycles. The van der Waals surface area contributed by atoms with Gasteiger partial charge in [-0.1, -0.05) is 35.0 Å². The van der Waals surface area contributed by atoms with Crippen molar-refractivity contribution in [1.29, 1.82) is 0 Å². The molecule has 0 fully saturated rings. The predicted molar refractivity (Wildman–Crippen MR) is 83.7 cm³/mol. The molecule has 22 heavy (non-hydrogen) atoms. The van der Waals surface area contributed by atoms with E-state index in [0.29, 0.717) is 22.8 Å². The molecular formula is C16H12ClN3O2. The van der Waals surface area contributed by atoms with E-state index in [0.717, 1.165) is 11.3 Å². The van der Waals surface area contributed by atoms with Gasteiger partial charge < -0.3 is 4.74 Å². The highest BCUT2D eigenvalue weighted by Gasteiger charge is 2.16. The van der Waals surface area contributed by atoms with E-state index in [4.69, 9.17) is 16.3 Å². The van der Waals surface area contributed by atoms with E-state index in [1.165, 1.54) is 0 Å². The summed E-state index contributed by atoms with van der Waals surface area (Å²) in [6, 6.07) is 14.5. The molecule has 0 N–H and O–H groups in total. The SMILES string of the molecule is COc1cccc(-n2nnc(C=O)c2-c2ccc(Cl)cc2)c1. The predicted octanol–water partition coefficient (Wildman–Crippen LogP) is 3.41. The minimum Gasteiger partial charge on any atom is -0.497 e. The molecule has 0 amide bonds. The number of rotatable bonds is 4. The number of aldehydes is 1. The Hall–Kier alpha value is -2.66. The molecule has 3 rings (SSSR count). The van der Waals surface area contributed by atoms with E-state index < -0.39 is 0 Å². The lowest BCUT2D eigenvalue weighted by molar-refractivity contribution is 0.111. The maximum absolute atomic E-state index is 11.3. The van der Waals surface area contributed by atoms with Crippen LogP contribution in [-0.2, 0) is 0 Å². The Morgan fingerprint density at radius 1 is 1.18 bits per heavy atom. The first-order chi connectivity index (χ1) is 10.7. The van der Waals surface area contributed by atoms with Crippen molar-refractivity contribution in [1.82, 2.24) is 15.0 Å². The first kappa shape index (κ1) is 14.3. The van der Waals surface area contributed by atoms with Gasteiger partial charge in [-0.15, -0.1) is 5.10 Å². The van der Waals surface area contributed by atoms with E-state index in [1.807, 2.05) is 36.4 Å². The van der Waals surface area contributed by atoms with Crippen LogP contribution < -0.4 is 4.74 Å². The lowest BCUT2D eigenvalue weighted by Crippen LogP contribution is -2.00. The number of aromatic nitrogens is 3. The Morgan fingerprint density at radius 2 is 1.95 bits per heavy atom. The van der Waals surface area contributed by atoms with E-state index in [9.17, 15) is 4.79 Å². The van der Waals surface area contributed by atoms with Gasteiger partial charge in [-0.2, -0.15) is 0 Å². The average Bonchev–Trinajstić information content (AvgIpc) is 2.99. The lowest BCUT2D eigenvalue weighted by Gasteiger charge is -2.08. The van der Waals surface area contributed by atoms with Crippen LogP contribution in [0, 0.1) is 0 Å². The summed E-state index contributed by atoms with van der Waals surface area (Å²) in [6.07, 6.45) is 0.688. The summed E-state index contributed by atoms with van der Waals surface area (Å²) in [5.41, 5.74) is 2.44. The van der Waals surface area contributed by atoms with Gasteiger partial charge in [0, 0.05) is 16.7 Å². The number of benzene rings is 2. The standard InChI is InChI=1S/C16H12ClN3O2/c1-22-14-4-2-3-13(9-14)20-16(15(10-21)18-19-20)11-5-7-12(17)8-6-11/h2-10H,1H3. The van der Waals surface area contributed by atoms with Crippen molar-refractivity contribution in [3.63, 3.8) is 0 Å². The number of hydrogen-bond donors (Lipinski definition) is 0. The van der Waals surface area contributed by atoms with Crippen molar-refractivity contribution in [2.45, 2.75) is 0 Å². The van der Waals surface area contributed by atoms with Gasteiger partial charge in [-0.05, 0) is 24.3 Å².